The van der Waals surface area contributed by atoms with E-state index < -0.39 is 5.97 Å². The first kappa shape index (κ1) is 15.8. The molecule has 0 radical (unpaired) electrons. The van der Waals surface area contributed by atoms with E-state index in [9.17, 15) is 9.90 Å². The van der Waals surface area contributed by atoms with Crippen molar-refractivity contribution in [2.24, 2.45) is 5.10 Å². The van der Waals surface area contributed by atoms with Gasteiger partial charge in [0.1, 0.15) is 4.88 Å². The van der Waals surface area contributed by atoms with E-state index >= 15 is 0 Å². The average Bonchev–Trinajstić information content (AvgIpc) is 3.11. The average molecular weight is 349 g/mol. The molecule has 120 valence electrons. The number of rotatable bonds is 5. The summed E-state index contributed by atoms with van der Waals surface area (Å²) in [5, 5.41) is 17.6. The number of carbonyl (C=O) groups is 1. The number of nitrogens with zero attached hydrogens (tertiary/aromatic N) is 4. The molecule has 23 heavy (non-hydrogen) atoms. The monoisotopic (exact) mass is 349 g/mol. The first-order valence-electron chi connectivity index (χ1n) is 6.96. The van der Waals surface area contributed by atoms with Gasteiger partial charge in [-0.1, -0.05) is 22.7 Å². The number of hydrogen-bond donors (Lipinski definition) is 3. The summed E-state index contributed by atoms with van der Waals surface area (Å²) in [5.41, 5.74) is 4.58. The Balaban J connectivity index is 1.78. The molecule has 2 aromatic rings. The Kier molecular flexibility index (Phi) is 4.49. The molecule has 9 heteroatoms. The largest absolute Gasteiger partial charge is 0.478 e. The van der Waals surface area contributed by atoms with Gasteiger partial charge < -0.3 is 10.0 Å². The summed E-state index contributed by atoms with van der Waals surface area (Å²) in [5.74, 6) is -0.177. The highest BCUT2D eigenvalue weighted by molar-refractivity contribution is 7.80. The second-order valence-corrected chi connectivity index (χ2v) is 6.27. The number of hydrogen-bond acceptors (Lipinski definition) is 8. The molecule has 0 saturated carbocycles. The van der Waals surface area contributed by atoms with E-state index in [1.165, 1.54) is 11.5 Å². The summed E-state index contributed by atoms with van der Waals surface area (Å²) in [7, 11) is 0. The van der Waals surface area contributed by atoms with Gasteiger partial charge in [-0.2, -0.15) is 5.10 Å². The highest BCUT2D eigenvalue weighted by atomic mass is 32.1. The fourth-order valence-electron chi connectivity index (χ4n) is 2.40. The zero-order valence-corrected chi connectivity index (χ0v) is 14.0. The summed E-state index contributed by atoms with van der Waals surface area (Å²) >= 11 is 5.75. The van der Waals surface area contributed by atoms with Crippen molar-refractivity contribution in [3.05, 3.63) is 46.0 Å². The molecule has 1 aliphatic heterocycles. The van der Waals surface area contributed by atoms with E-state index in [2.05, 4.69) is 32.7 Å². The molecule has 1 aromatic heterocycles. The SMILES string of the molecule is Cc1nnsc1C1=NNC(S)N1CCc1ccccc1C(=O)O. The van der Waals surface area contributed by atoms with Crippen LogP contribution in [0.1, 0.15) is 26.5 Å². The first-order chi connectivity index (χ1) is 11.1. The molecular formula is C14H15N5O2S2. The predicted octanol–water partition coefficient (Wildman–Crippen LogP) is 1.57. The van der Waals surface area contributed by atoms with E-state index in [0.717, 1.165) is 22.0 Å². The van der Waals surface area contributed by atoms with Crippen LogP contribution in [0.5, 0.6) is 0 Å². The van der Waals surface area contributed by atoms with Crippen LogP contribution in [0.15, 0.2) is 29.4 Å². The van der Waals surface area contributed by atoms with Crippen molar-refractivity contribution >= 4 is 36.0 Å². The summed E-state index contributed by atoms with van der Waals surface area (Å²) in [6.07, 6.45) is 0.575. The lowest BCUT2D eigenvalue weighted by molar-refractivity contribution is 0.0695. The van der Waals surface area contributed by atoms with Crippen molar-refractivity contribution < 1.29 is 9.90 Å². The number of thiol groups is 1. The molecule has 0 fully saturated rings. The summed E-state index contributed by atoms with van der Waals surface area (Å²) < 4.78 is 3.94. The van der Waals surface area contributed by atoms with Gasteiger partial charge in [-0.15, -0.1) is 17.7 Å². The number of benzene rings is 1. The van der Waals surface area contributed by atoms with Crippen LogP contribution in [-0.4, -0.2) is 43.4 Å². The number of carboxylic acid groups (broad SMARTS) is 1. The van der Waals surface area contributed by atoms with Crippen LogP contribution < -0.4 is 5.43 Å². The van der Waals surface area contributed by atoms with Gasteiger partial charge >= 0.3 is 5.97 Å². The number of aromatic carboxylic acids is 1. The number of nitrogens with one attached hydrogen (secondary N) is 1. The first-order valence-corrected chi connectivity index (χ1v) is 8.25. The standard InChI is InChI=1S/C14H15N5O2S2/c1-8-11(23-18-15-8)12-16-17-14(22)19(12)7-6-9-4-2-3-5-10(9)13(20)21/h2-5,14,17,22H,6-7H2,1H3,(H,20,21). The molecular weight excluding hydrogens is 334 g/mol. The van der Waals surface area contributed by atoms with Crippen molar-refractivity contribution in [1.29, 1.82) is 0 Å². The third-order valence-electron chi connectivity index (χ3n) is 3.58. The van der Waals surface area contributed by atoms with Gasteiger partial charge in [0.05, 0.1) is 11.3 Å². The van der Waals surface area contributed by atoms with E-state index in [4.69, 9.17) is 0 Å². The van der Waals surface area contributed by atoms with Crippen molar-refractivity contribution in [1.82, 2.24) is 19.9 Å². The smallest absolute Gasteiger partial charge is 0.335 e. The Bertz CT molecular complexity index is 761. The van der Waals surface area contributed by atoms with Gasteiger partial charge in [0.25, 0.3) is 0 Å². The van der Waals surface area contributed by atoms with E-state index in [-0.39, 0.29) is 5.50 Å². The highest BCUT2D eigenvalue weighted by Crippen LogP contribution is 2.21. The zero-order valence-electron chi connectivity index (χ0n) is 12.3. The molecule has 2 N–H and O–H groups in total. The number of amidine groups is 1. The third kappa shape index (κ3) is 3.15. The summed E-state index contributed by atoms with van der Waals surface area (Å²) in [4.78, 5) is 14.2. The quantitative estimate of drug-likeness (QED) is 0.710. The number of aryl methyl sites for hydroxylation is 1. The van der Waals surface area contributed by atoms with Gasteiger partial charge in [-0.3, -0.25) is 5.43 Å². The predicted molar refractivity (Wildman–Crippen MR) is 90.9 cm³/mol. The van der Waals surface area contributed by atoms with Gasteiger partial charge in [0.2, 0.25) is 0 Å². The Morgan fingerprint density at radius 2 is 2.26 bits per heavy atom. The third-order valence-corrected chi connectivity index (χ3v) is 4.80. The van der Waals surface area contributed by atoms with Gasteiger partial charge in [0.15, 0.2) is 11.3 Å². The zero-order chi connectivity index (χ0) is 16.4. The molecule has 1 aliphatic rings. The van der Waals surface area contributed by atoms with Gasteiger partial charge in [0, 0.05) is 6.54 Å². The molecule has 0 amide bonds. The highest BCUT2D eigenvalue weighted by Gasteiger charge is 2.28. The molecule has 1 atom stereocenters. The van der Waals surface area contributed by atoms with E-state index in [0.29, 0.717) is 18.5 Å². The molecule has 0 aliphatic carbocycles. The fourth-order valence-corrected chi connectivity index (χ4v) is 3.35. The maximum Gasteiger partial charge on any atom is 0.335 e. The van der Waals surface area contributed by atoms with Crippen molar-refractivity contribution in [3.63, 3.8) is 0 Å². The van der Waals surface area contributed by atoms with Crippen molar-refractivity contribution in [2.75, 3.05) is 6.54 Å². The van der Waals surface area contributed by atoms with Crippen LogP contribution in [-0.2, 0) is 6.42 Å². The maximum absolute atomic E-state index is 11.3. The van der Waals surface area contributed by atoms with Crippen molar-refractivity contribution in [2.45, 2.75) is 18.8 Å². The number of aromatic nitrogens is 2. The molecule has 1 unspecified atom stereocenters. The van der Waals surface area contributed by atoms with E-state index in [1.54, 1.807) is 12.1 Å². The summed E-state index contributed by atoms with van der Waals surface area (Å²) in [6, 6.07) is 7.01. The Labute approximate surface area is 142 Å². The minimum absolute atomic E-state index is 0.261. The lowest BCUT2D eigenvalue weighted by atomic mass is 10.0. The number of carboxylic acids is 1. The van der Waals surface area contributed by atoms with Crippen LogP contribution in [0.2, 0.25) is 0 Å². The van der Waals surface area contributed by atoms with E-state index in [1.807, 2.05) is 24.0 Å². The molecule has 0 bridgehead atoms. The van der Waals surface area contributed by atoms with Gasteiger partial charge in [-0.05, 0) is 36.5 Å². The molecule has 2 heterocycles. The topological polar surface area (TPSA) is 90.7 Å². The lowest BCUT2D eigenvalue weighted by Crippen LogP contribution is -2.38. The summed E-state index contributed by atoms with van der Waals surface area (Å²) in [6.45, 7) is 2.47. The maximum atomic E-state index is 11.3. The molecule has 0 saturated heterocycles. The molecule has 0 spiro atoms. The van der Waals surface area contributed by atoms with Crippen LogP contribution in [0.3, 0.4) is 0 Å². The minimum atomic E-state index is -0.918. The Morgan fingerprint density at radius 1 is 1.48 bits per heavy atom. The van der Waals surface area contributed by atoms with Crippen LogP contribution in [0.25, 0.3) is 0 Å². The Hall–Kier alpha value is -2.13. The number of hydrazone groups is 1. The van der Waals surface area contributed by atoms with Crippen molar-refractivity contribution in [3.8, 4) is 0 Å². The molecule has 1 aromatic carbocycles. The Morgan fingerprint density at radius 3 is 2.96 bits per heavy atom. The second-order valence-electron chi connectivity index (χ2n) is 5.03. The lowest BCUT2D eigenvalue weighted by Gasteiger charge is -2.23. The van der Waals surface area contributed by atoms with Crippen LogP contribution >= 0.6 is 24.2 Å². The van der Waals surface area contributed by atoms with Crippen LogP contribution in [0, 0.1) is 6.92 Å². The van der Waals surface area contributed by atoms with Gasteiger partial charge in [-0.25, -0.2) is 4.79 Å². The molecule has 7 nitrogen and oxygen atoms in total. The second kappa shape index (κ2) is 6.55. The minimum Gasteiger partial charge on any atom is -0.478 e. The molecule has 3 rings (SSSR count). The normalized spacial score (nSPS) is 17.0. The van der Waals surface area contributed by atoms with Crippen LogP contribution in [0.4, 0.5) is 0 Å². The fraction of sp³-hybridized carbons (Fsp3) is 0.286.